The molecule has 0 radical (unpaired) electrons. The Kier molecular flexibility index (Phi) is 3.11. The van der Waals surface area contributed by atoms with Crippen LogP contribution in [0.1, 0.15) is 18.4 Å². The van der Waals surface area contributed by atoms with Crippen LogP contribution in [-0.2, 0) is 11.3 Å². The number of rotatable bonds is 0. The van der Waals surface area contributed by atoms with Crippen molar-refractivity contribution in [2.24, 2.45) is 0 Å². The van der Waals surface area contributed by atoms with Crippen LogP contribution in [0.3, 0.4) is 0 Å². The van der Waals surface area contributed by atoms with Gasteiger partial charge in [0.2, 0.25) is 5.91 Å². The molecule has 1 saturated heterocycles. The maximum atomic E-state index is 12.4. The fourth-order valence-electron chi connectivity index (χ4n) is 2.65. The molecule has 1 fully saturated rings. The second-order valence-corrected chi connectivity index (χ2v) is 5.04. The summed E-state index contributed by atoms with van der Waals surface area (Å²) in [5, 5.41) is 2.85. The summed E-state index contributed by atoms with van der Waals surface area (Å²) >= 11 is 0. The van der Waals surface area contributed by atoms with Crippen LogP contribution >= 0.6 is 0 Å². The van der Waals surface area contributed by atoms with Gasteiger partial charge in [0, 0.05) is 18.8 Å². The molecule has 0 bridgehead atoms. The van der Waals surface area contributed by atoms with Gasteiger partial charge in [-0.25, -0.2) is 4.79 Å². The lowest BCUT2D eigenvalue weighted by Crippen LogP contribution is -2.43. The number of benzene rings is 1. The van der Waals surface area contributed by atoms with Crippen LogP contribution in [0, 0.1) is 0 Å². The number of fused-ring (bicyclic) bond motifs is 1. The highest BCUT2D eigenvalue weighted by atomic mass is 16.2. The Morgan fingerprint density at radius 2 is 1.79 bits per heavy atom. The molecule has 0 saturated carbocycles. The van der Waals surface area contributed by atoms with Crippen molar-refractivity contribution < 1.29 is 9.59 Å². The number of urea groups is 1. The van der Waals surface area contributed by atoms with Crippen molar-refractivity contribution in [3.63, 3.8) is 0 Å². The van der Waals surface area contributed by atoms with Gasteiger partial charge in [-0.2, -0.15) is 0 Å². The molecule has 100 valence electrons. The number of para-hydroxylation sites is 1. The number of carbonyl (C=O) groups is 2. The molecule has 2 aliphatic heterocycles. The smallest absolute Gasteiger partial charge is 0.320 e. The van der Waals surface area contributed by atoms with Crippen molar-refractivity contribution in [3.05, 3.63) is 29.8 Å². The lowest BCUT2D eigenvalue weighted by Gasteiger charge is -2.25. The number of carbonyl (C=O) groups excluding carboxylic acids is 2. The number of nitrogens with one attached hydrogen (secondary N) is 1. The van der Waals surface area contributed by atoms with E-state index in [0.717, 1.165) is 37.2 Å². The van der Waals surface area contributed by atoms with Crippen LogP contribution in [0.2, 0.25) is 0 Å². The van der Waals surface area contributed by atoms with Gasteiger partial charge >= 0.3 is 6.03 Å². The molecular formula is C14H17N3O2. The standard InChI is InChI=1S/C14H17N3O2/c18-13-10-17(14(19)16-7-3-4-8-16)9-11-5-1-2-6-12(11)15-13/h1-2,5-6H,3-4,7-10H2,(H,15,18). The first-order valence-electron chi connectivity index (χ1n) is 6.65. The highest BCUT2D eigenvalue weighted by Crippen LogP contribution is 2.21. The monoisotopic (exact) mass is 259 g/mol. The average Bonchev–Trinajstić information content (AvgIpc) is 2.87. The molecule has 0 spiro atoms. The molecule has 3 amide bonds. The molecular weight excluding hydrogens is 242 g/mol. The number of hydrogen-bond acceptors (Lipinski definition) is 2. The van der Waals surface area contributed by atoms with Crippen LogP contribution in [0.25, 0.3) is 0 Å². The minimum atomic E-state index is -0.127. The average molecular weight is 259 g/mol. The van der Waals surface area contributed by atoms with Gasteiger partial charge in [-0.05, 0) is 24.5 Å². The summed E-state index contributed by atoms with van der Waals surface area (Å²) in [6, 6.07) is 7.61. The normalized spacial score (nSPS) is 18.8. The Hall–Kier alpha value is -2.04. The van der Waals surface area contributed by atoms with Gasteiger partial charge in [0.15, 0.2) is 0 Å². The largest absolute Gasteiger partial charge is 0.325 e. The van der Waals surface area contributed by atoms with Gasteiger partial charge < -0.3 is 15.1 Å². The summed E-state index contributed by atoms with van der Waals surface area (Å²) in [6.45, 7) is 2.23. The van der Waals surface area contributed by atoms with E-state index in [0.29, 0.717) is 6.54 Å². The Balaban J connectivity index is 1.83. The third kappa shape index (κ3) is 2.41. The van der Waals surface area contributed by atoms with E-state index in [-0.39, 0.29) is 18.5 Å². The second kappa shape index (κ2) is 4.91. The van der Waals surface area contributed by atoms with Gasteiger partial charge in [-0.15, -0.1) is 0 Å². The van der Waals surface area contributed by atoms with Crippen molar-refractivity contribution >= 4 is 17.6 Å². The number of hydrogen-bond donors (Lipinski definition) is 1. The zero-order valence-corrected chi connectivity index (χ0v) is 10.8. The Morgan fingerprint density at radius 3 is 2.58 bits per heavy atom. The highest BCUT2D eigenvalue weighted by Gasteiger charge is 2.27. The summed E-state index contributed by atoms with van der Waals surface area (Å²) in [7, 11) is 0. The van der Waals surface area contributed by atoms with Crippen LogP contribution in [0.15, 0.2) is 24.3 Å². The van der Waals surface area contributed by atoms with E-state index in [1.807, 2.05) is 29.2 Å². The van der Waals surface area contributed by atoms with E-state index in [2.05, 4.69) is 5.32 Å². The molecule has 5 heteroatoms. The molecule has 1 aromatic rings. The van der Waals surface area contributed by atoms with Crippen molar-refractivity contribution in [1.82, 2.24) is 9.80 Å². The molecule has 0 aromatic heterocycles. The molecule has 0 aliphatic carbocycles. The molecule has 2 aliphatic rings. The molecule has 5 nitrogen and oxygen atoms in total. The van der Waals surface area contributed by atoms with Gasteiger partial charge in [-0.1, -0.05) is 18.2 Å². The maximum absolute atomic E-state index is 12.4. The number of likely N-dealkylation sites (tertiary alicyclic amines) is 1. The first-order valence-corrected chi connectivity index (χ1v) is 6.65. The van der Waals surface area contributed by atoms with Crippen molar-refractivity contribution in [2.45, 2.75) is 19.4 Å². The first-order chi connectivity index (χ1) is 9.24. The molecule has 0 atom stereocenters. The Labute approximate surface area is 112 Å². The van der Waals surface area contributed by atoms with E-state index in [4.69, 9.17) is 0 Å². The van der Waals surface area contributed by atoms with Crippen LogP contribution in [-0.4, -0.2) is 41.4 Å². The number of amides is 3. The quantitative estimate of drug-likeness (QED) is 0.770. The van der Waals surface area contributed by atoms with Crippen LogP contribution < -0.4 is 5.32 Å². The van der Waals surface area contributed by atoms with Crippen molar-refractivity contribution in [3.8, 4) is 0 Å². The minimum Gasteiger partial charge on any atom is -0.325 e. The number of anilines is 1. The van der Waals surface area contributed by atoms with E-state index in [9.17, 15) is 9.59 Å². The fraction of sp³-hybridized carbons (Fsp3) is 0.429. The topological polar surface area (TPSA) is 52.7 Å². The SMILES string of the molecule is O=C1CN(C(=O)N2CCCC2)Cc2ccccc2N1. The van der Waals surface area contributed by atoms with E-state index >= 15 is 0 Å². The molecule has 1 N–H and O–H groups in total. The minimum absolute atomic E-state index is 0.0237. The molecule has 1 aromatic carbocycles. The van der Waals surface area contributed by atoms with Gasteiger partial charge in [0.05, 0.1) is 6.54 Å². The first kappa shape index (κ1) is 12.0. The van der Waals surface area contributed by atoms with Gasteiger partial charge in [0.25, 0.3) is 0 Å². The third-order valence-corrected chi connectivity index (χ3v) is 3.63. The molecule has 19 heavy (non-hydrogen) atoms. The van der Waals surface area contributed by atoms with Gasteiger partial charge in [-0.3, -0.25) is 4.79 Å². The zero-order valence-electron chi connectivity index (χ0n) is 10.8. The van der Waals surface area contributed by atoms with E-state index in [1.165, 1.54) is 0 Å². The van der Waals surface area contributed by atoms with Crippen molar-refractivity contribution in [2.75, 3.05) is 25.0 Å². The predicted octanol–water partition coefficient (Wildman–Crippen LogP) is 1.66. The Morgan fingerprint density at radius 1 is 1.05 bits per heavy atom. The van der Waals surface area contributed by atoms with Gasteiger partial charge in [0.1, 0.15) is 6.54 Å². The number of nitrogens with zero attached hydrogens (tertiary/aromatic N) is 2. The molecule has 0 unspecified atom stereocenters. The van der Waals surface area contributed by atoms with E-state index in [1.54, 1.807) is 4.90 Å². The van der Waals surface area contributed by atoms with Crippen LogP contribution in [0.5, 0.6) is 0 Å². The summed E-state index contributed by atoms with van der Waals surface area (Å²) in [4.78, 5) is 27.7. The summed E-state index contributed by atoms with van der Waals surface area (Å²) < 4.78 is 0. The lowest BCUT2D eigenvalue weighted by molar-refractivity contribution is -0.116. The zero-order chi connectivity index (χ0) is 13.2. The summed E-state index contributed by atoms with van der Waals surface area (Å²) in [5.74, 6) is -0.127. The summed E-state index contributed by atoms with van der Waals surface area (Å²) in [5.41, 5.74) is 1.80. The molecule has 2 heterocycles. The molecule has 3 rings (SSSR count). The Bertz CT molecular complexity index is 509. The highest BCUT2D eigenvalue weighted by molar-refractivity contribution is 5.96. The second-order valence-electron chi connectivity index (χ2n) is 5.04. The summed E-state index contributed by atoms with van der Waals surface area (Å²) in [6.07, 6.45) is 2.12. The van der Waals surface area contributed by atoms with Crippen molar-refractivity contribution in [1.29, 1.82) is 0 Å². The lowest BCUT2D eigenvalue weighted by atomic mass is 10.2. The maximum Gasteiger partial charge on any atom is 0.320 e. The predicted molar refractivity (Wildman–Crippen MR) is 71.7 cm³/mol. The van der Waals surface area contributed by atoms with Crippen LogP contribution in [0.4, 0.5) is 10.5 Å². The van der Waals surface area contributed by atoms with E-state index < -0.39 is 0 Å². The fourth-order valence-corrected chi connectivity index (χ4v) is 2.65. The third-order valence-electron chi connectivity index (χ3n) is 3.63.